The normalized spacial score (nSPS) is 10.2. The molecular weight excluding hydrogens is 618 g/mol. The van der Waals surface area contributed by atoms with E-state index in [2.05, 4.69) is 33.6 Å². The van der Waals surface area contributed by atoms with Crippen LogP contribution >= 0.6 is 0 Å². The molecule has 3 N–H and O–H groups in total. The molecule has 0 aliphatic carbocycles. The van der Waals surface area contributed by atoms with Gasteiger partial charge in [-0.2, -0.15) is 0 Å². The predicted octanol–water partition coefficient (Wildman–Crippen LogP) is 11.6. The summed E-state index contributed by atoms with van der Waals surface area (Å²) < 4.78 is 10.1. The van der Waals surface area contributed by atoms with E-state index in [-0.39, 0.29) is 11.9 Å². The molecule has 0 atom stereocenters. The number of ether oxygens (including phenoxy) is 2. The molecule has 0 aromatic heterocycles. The van der Waals surface area contributed by atoms with Gasteiger partial charge in [0.1, 0.15) is 0 Å². The number of nitrogens with one attached hydrogen (secondary N) is 1. The van der Waals surface area contributed by atoms with Gasteiger partial charge in [-0.15, -0.1) is 0 Å². The van der Waals surface area contributed by atoms with Crippen LogP contribution in [0.5, 0.6) is 0 Å². The Balaban J connectivity index is -0.000000815. The Labute approximate surface area is 301 Å². The van der Waals surface area contributed by atoms with Crippen molar-refractivity contribution in [1.82, 2.24) is 5.48 Å². The minimum Gasteiger partial charge on any atom is -0.478 e. The lowest BCUT2D eigenvalue weighted by Gasteiger charge is -2.07. The van der Waals surface area contributed by atoms with Crippen molar-refractivity contribution in [3.8, 4) is 0 Å². The van der Waals surface area contributed by atoms with Crippen molar-refractivity contribution in [2.24, 2.45) is 0 Å². The van der Waals surface area contributed by atoms with Gasteiger partial charge in [-0.3, -0.25) is 0 Å². The van der Waals surface area contributed by atoms with Gasteiger partial charge in [0.15, 0.2) is 0 Å². The third-order valence-electron chi connectivity index (χ3n) is 8.14. The molecule has 0 aromatic rings. The van der Waals surface area contributed by atoms with Gasteiger partial charge >= 0.3 is 17.9 Å². The summed E-state index contributed by atoms with van der Waals surface area (Å²) in [6.07, 6.45) is 36.8. The zero-order valence-corrected chi connectivity index (χ0v) is 31.9. The number of aliphatic carboxylic acids is 1. The number of hydrogen-bond donors (Lipinski definition) is 3. The molecule has 0 bridgehead atoms. The highest BCUT2D eigenvalue weighted by atomic mass is 16.5. The molecule has 0 amide bonds. The van der Waals surface area contributed by atoms with Crippen LogP contribution in [0.4, 0.5) is 0 Å². The summed E-state index contributed by atoms with van der Waals surface area (Å²) in [6.45, 7) is 15.8. The van der Waals surface area contributed by atoms with Gasteiger partial charge in [-0.05, 0) is 19.3 Å². The molecule has 0 saturated heterocycles. The van der Waals surface area contributed by atoms with Crippen molar-refractivity contribution < 1.29 is 34.2 Å². The van der Waals surface area contributed by atoms with Gasteiger partial charge in [0.2, 0.25) is 0 Å². The van der Waals surface area contributed by atoms with E-state index in [1.54, 1.807) is 0 Å². The quantitative estimate of drug-likeness (QED) is 0.0263. The third-order valence-corrected chi connectivity index (χ3v) is 8.14. The largest absolute Gasteiger partial charge is 0.478 e. The van der Waals surface area contributed by atoms with E-state index in [9.17, 15) is 14.4 Å². The Morgan fingerprint density at radius 3 is 1.14 bits per heavy atom. The smallest absolute Gasteiger partial charge is 0.333 e. The first-order chi connectivity index (χ1) is 23.8. The van der Waals surface area contributed by atoms with Crippen LogP contribution in [0.15, 0.2) is 37.5 Å². The predicted molar refractivity (Wildman–Crippen MR) is 205 cm³/mol. The first kappa shape index (κ1) is 50.9. The SMILES string of the molecule is C=C(CCNO)C(=O)OCCCCCCCCCCCCCCCCCC.C=CC(=O)O.C=CC(=O)OCCCCCCCCCCCC. The van der Waals surface area contributed by atoms with Crippen LogP contribution < -0.4 is 5.48 Å². The highest BCUT2D eigenvalue weighted by Crippen LogP contribution is 2.14. The van der Waals surface area contributed by atoms with Gasteiger partial charge in [0, 0.05) is 24.3 Å². The molecule has 8 heteroatoms. The number of hydroxylamine groups is 1. The lowest BCUT2D eigenvalue weighted by atomic mass is 10.0. The van der Waals surface area contributed by atoms with Crippen LogP contribution in [0.2, 0.25) is 0 Å². The van der Waals surface area contributed by atoms with Gasteiger partial charge in [0.05, 0.1) is 13.2 Å². The van der Waals surface area contributed by atoms with Crippen LogP contribution in [-0.2, 0) is 23.9 Å². The second kappa shape index (κ2) is 45.6. The zero-order valence-electron chi connectivity index (χ0n) is 31.9. The second-order valence-corrected chi connectivity index (χ2v) is 12.8. The number of carbonyl (C=O) groups excluding carboxylic acids is 2. The van der Waals surface area contributed by atoms with E-state index < -0.39 is 5.97 Å². The first-order valence-corrected chi connectivity index (χ1v) is 19.7. The maximum Gasteiger partial charge on any atom is 0.333 e. The van der Waals surface area contributed by atoms with Crippen molar-refractivity contribution in [3.05, 3.63) is 37.5 Å². The molecule has 0 fully saturated rings. The second-order valence-electron chi connectivity index (χ2n) is 12.8. The van der Waals surface area contributed by atoms with Crippen LogP contribution in [0.3, 0.4) is 0 Å². The summed E-state index contributed by atoms with van der Waals surface area (Å²) in [5.41, 5.74) is 2.42. The van der Waals surface area contributed by atoms with Crippen molar-refractivity contribution in [2.75, 3.05) is 19.8 Å². The van der Waals surface area contributed by atoms with Gasteiger partial charge < -0.3 is 19.8 Å². The minimum absolute atomic E-state index is 0.305. The van der Waals surface area contributed by atoms with Crippen LogP contribution in [0.1, 0.15) is 187 Å². The molecule has 0 rings (SSSR count). The van der Waals surface area contributed by atoms with Crippen LogP contribution in [-0.4, -0.2) is 48.0 Å². The number of carboxylic acids is 1. The molecule has 0 heterocycles. The molecule has 0 radical (unpaired) electrons. The van der Waals surface area contributed by atoms with E-state index in [1.807, 2.05) is 5.48 Å². The molecule has 0 spiro atoms. The topological polar surface area (TPSA) is 122 Å². The van der Waals surface area contributed by atoms with E-state index >= 15 is 0 Å². The lowest BCUT2D eigenvalue weighted by molar-refractivity contribution is -0.139. The maximum atomic E-state index is 11.6. The molecule has 0 aliphatic rings. The van der Waals surface area contributed by atoms with Gasteiger partial charge in [0.25, 0.3) is 0 Å². The monoisotopic (exact) mass is 696 g/mol. The van der Waals surface area contributed by atoms with Gasteiger partial charge in [-0.1, -0.05) is 188 Å². The molecule has 49 heavy (non-hydrogen) atoms. The van der Waals surface area contributed by atoms with Crippen molar-refractivity contribution in [1.29, 1.82) is 0 Å². The molecule has 8 nitrogen and oxygen atoms in total. The molecule has 0 aliphatic heterocycles. The zero-order chi connectivity index (χ0) is 37.1. The Kier molecular flexibility index (Phi) is 47.3. The Bertz CT molecular complexity index is 769. The number of rotatable bonds is 34. The Hall–Kier alpha value is -2.45. The molecule has 0 saturated carbocycles. The van der Waals surface area contributed by atoms with E-state index in [4.69, 9.17) is 19.8 Å². The fourth-order valence-corrected chi connectivity index (χ4v) is 5.05. The summed E-state index contributed by atoms with van der Waals surface area (Å²) in [5, 5.41) is 16.1. The maximum absolute atomic E-state index is 11.6. The van der Waals surface area contributed by atoms with Crippen molar-refractivity contribution in [2.45, 2.75) is 187 Å². The Morgan fingerprint density at radius 2 is 0.857 bits per heavy atom. The fraction of sp³-hybridized carbons (Fsp3) is 0.780. The van der Waals surface area contributed by atoms with Crippen LogP contribution in [0.25, 0.3) is 0 Å². The molecular formula is C41H77NO7. The van der Waals surface area contributed by atoms with Crippen molar-refractivity contribution >= 4 is 17.9 Å². The standard InChI is InChI=1S/C23H45NO3.C15H28O2.C3H4O2/c1-3-4-5-6-7-8-9-10-11-12-13-14-15-16-17-18-21-27-23(25)22(2)19-20-24-26;1-3-5-6-7-8-9-10-11-12-13-14-17-15(16)4-2;1-2-3(4)5/h24,26H,2-21H2,1H3;4H,2-3,5-14H2,1H3;2H,1H2,(H,4,5). The summed E-state index contributed by atoms with van der Waals surface area (Å²) in [7, 11) is 0. The third kappa shape index (κ3) is 50.0. The highest BCUT2D eigenvalue weighted by Gasteiger charge is 2.07. The molecule has 0 unspecified atom stereocenters. The Morgan fingerprint density at radius 1 is 0.551 bits per heavy atom. The average molecular weight is 696 g/mol. The molecule has 288 valence electrons. The van der Waals surface area contributed by atoms with Crippen LogP contribution in [0, 0.1) is 0 Å². The highest BCUT2D eigenvalue weighted by molar-refractivity contribution is 5.87. The number of esters is 2. The number of unbranched alkanes of at least 4 members (excludes halogenated alkanes) is 24. The first-order valence-electron chi connectivity index (χ1n) is 19.7. The van der Waals surface area contributed by atoms with E-state index in [0.717, 1.165) is 25.3 Å². The number of carbonyl (C=O) groups is 3. The van der Waals surface area contributed by atoms with Gasteiger partial charge in [-0.25, -0.2) is 19.9 Å². The van der Waals surface area contributed by atoms with E-state index in [0.29, 0.717) is 31.8 Å². The summed E-state index contributed by atoms with van der Waals surface area (Å²) in [4.78, 5) is 31.6. The fourth-order valence-electron chi connectivity index (χ4n) is 5.05. The van der Waals surface area contributed by atoms with E-state index in [1.165, 1.54) is 154 Å². The average Bonchev–Trinajstić information content (AvgIpc) is 3.11. The lowest BCUT2D eigenvalue weighted by Crippen LogP contribution is -2.14. The summed E-state index contributed by atoms with van der Waals surface area (Å²) >= 11 is 0. The van der Waals surface area contributed by atoms with Crippen molar-refractivity contribution in [3.63, 3.8) is 0 Å². The number of hydrogen-bond acceptors (Lipinski definition) is 7. The summed E-state index contributed by atoms with van der Waals surface area (Å²) in [5.74, 6) is -1.63. The summed E-state index contributed by atoms with van der Waals surface area (Å²) in [6, 6.07) is 0. The minimum atomic E-state index is -0.981. The molecule has 0 aromatic carbocycles. The number of carboxylic acid groups (broad SMARTS) is 1.